The lowest BCUT2D eigenvalue weighted by molar-refractivity contribution is 0.917. The third kappa shape index (κ3) is 3.00. The van der Waals surface area contributed by atoms with Crippen molar-refractivity contribution in [3.05, 3.63) is 50.5 Å². The largest absolute Gasteiger partial charge is 0.364 e. The van der Waals surface area contributed by atoms with Crippen molar-refractivity contribution in [1.82, 2.24) is 19.9 Å². The van der Waals surface area contributed by atoms with Gasteiger partial charge in [0.25, 0.3) is 0 Å². The molecule has 7 heteroatoms. The highest BCUT2D eigenvalue weighted by Gasteiger charge is 2.23. The van der Waals surface area contributed by atoms with Crippen molar-refractivity contribution in [3.63, 3.8) is 0 Å². The van der Waals surface area contributed by atoms with E-state index in [9.17, 15) is 0 Å². The first-order valence-corrected chi connectivity index (χ1v) is 10.7. The second-order valence-electron chi connectivity index (χ2n) is 6.76. The molecule has 0 atom stereocenters. The van der Waals surface area contributed by atoms with Crippen molar-refractivity contribution in [2.45, 2.75) is 39.7 Å². The molecule has 1 aliphatic rings. The van der Waals surface area contributed by atoms with E-state index < -0.39 is 0 Å². The van der Waals surface area contributed by atoms with Gasteiger partial charge in [0.2, 0.25) is 0 Å². The molecule has 4 heterocycles. The van der Waals surface area contributed by atoms with E-state index in [4.69, 9.17) is 9.97 Å². The van der Waals surface area contributed by atoms with E-state index in [1.165, 1.54) is 27.1 Å². The number of hydrogen-bond donors (Lipinski definition) is 1. The van der Waals surface area contributed by atoms with Crippen LogP contribution in [0.4, 0.5) is 5.82 Å². The Morgan fingerprint density at radius 2 is 2.04 bits per heavy atom. The number of nitrogens with zero attached hydrogens (tertiary/aromatic N) is 4. The highest BCUT2D eigenvalue weighted by molar-refractivity contribution is 7.19. The number of fused-ring (bicyclic) bond motifs is 3. The lowest BCUT2D eigenvalue weighted by Crippen LogP contribution is -2.05. The molecule has 0 spiro atoms. The first kappa shape index (κ1) is 16.8. The monoisotopic (exact) mass is 393 g/mol. The number of nitrogens with one attached hydrogen (secondary N) is 1. The summed E-state index contributed by atoms with van der Waals surface area (Å²) in [6, 6.07) is 3.93. The zero-order chi connectivity index (χ0) is 18.4. The molecule has 0 bridgehead atoms. The average Bonchev–Trinajstić information content (AvgIpc) is 3.34. The minimum absolute atomic E-state index is 0.680. The number of thiazole rings is 1. The van der Waals surface area contributed by atoms with Gasteiger partial charge in [-0.15, -0.1) is 22.7 Å². The van der Waals surface area contributed by atoms with Gasteiger partial charge in [0.1, 0.15) is 10.6 Å². The van der Waals surface area contributed by atoms with Crippen molar-refractivity contribution in [3.8, 4) is 11.4 Å². The molecular formula is C20H19N5S2. The number of anilines is 1. The van der Waals surface area contributed by atoms with E-state index in [2.05, 4.69) is 29.1 Å². The van der Waals surface area contributed by atoms with Crippen LogP contribution >= 0.6 is 22.7 Å². The predicted molar refractivity (Wildman–Crippen MR) is 112 cm³/mol. The van der Waals surface area contributed by atoms with Crippen molar-refractivity contribution in [1.29, 1.82) is 0 Å². The first-order chi connectivity index (χ1) is 13.2. The molecule has 1 aliphatic carbocycles. The Hall–Kier alpha value is -2.38. The summed E-state index contributed by atoms with van der Waals surface area (Å²) in [5, 5.41) is 5.86. The van der Waals surface area contributed by atoms with E-state index in [1.54, 1.807) is 17.5 Å². The third-order valence-electron chi connectivity index (χ3n) is 4.91. The topological polar surface area (TPSA) is 63.6 Å². The Labute approximate surface area is 165 Å². The number of hydrogen-bond acceptors (Lipinski definition) is 7. The number of aryl methyl sites for hydroxylation is 4. The van der Waals surface area contributed by atoms with Gasteiger partial charge in [-0.2, -0.15) is 0 Å². The summed E-state index contributed by atoms with van der Waals surface area (Å²) in [6.45, 7) is 4.86. The van der Waals surface area contributed by atoms with Crippen LogP contribution in [0.1, 0.15) is 32.4 Å². The maximum absolute atomic E-state index is 4.89. The summed E-state index contributed by atoms with van der Waals surface area (Å²) < 4.78 is 0. The van der Waals surface area contributed by atoms with Gasteiger partial charge in [0.05, 0.1) is 22.6 Å². The van der Waals surface area contributed by atoms with Crippen molar-refractivity contribution in [2.24, 2.45) is 0 Å². The molecule has 0 saturated heterocycles. The van der Waals surface area contributed by atoms with Crippen LogP contribution in [0.5, 0.6) is 0 Å². The molecule has 4 aromatic rings. The van der Waals surface area contributed by atoms with Crippen LogP contribution in [0.15, 0.2) is 24.5 Å². The van der Waals surface area contributed by atoms with Gasteiger partial charge in [-0.1, -0.05) is 0 Å². The molecule has 4 aromatic heterocycles. The van der Waals surface area contributed by atoms with Gasteiger partial charge >= 0.3 is 0 Å². The second-order valence-corrected chi connectivity index (χ2v) is 9.26. The van der Waals surface area contributed by atoms with Crippen LogP contribution in [-0.2, 0) is 19.4 Å². The second kappa shape index (κ2) is 6.65. The van der Waals surface area contributed by atoms with E-state index in [0.29, 0.717) is 6.54 Å². The van der Waals surface area contributed by atoms with Crippen molar-refractivity contribution < 1.29 is 0 Å². The summed E-state index contributed by atoms with van der Waals surface area (Å²) >= 11 is 3.55. The van der Waals surface area contributed by atoms with Crippen LogP contribution in [0.25, 0.3) is 21.6 Å². The molecule has 0 fully saturated rings. The molecule has 5 rings (SSSR count). The maximum Gasteiger partial charge on any atom is 0.164 e. The van der Waals surface area contributed by atoms with Crippen LogP contribution in [0.3, 0.4) is 0 Å². The zero-order valence-corrected chi connectivity index (χ0v) is 16.9. The zero-order valence-electron chi connectivity index (χ0n) is 15.2. The lowest BCUT2D eigenvalue weighted by Gasteiger charge is -2.10. The quantitative estimate of drug-likeness (QED) is 0.533. The Balaban J connectivity index is 1.60. The molecule has 1 N–H and O–H groups in total. The highest BCUT2D eigenvalue weighted by atomic mass is 32.1. The number of rotatable bonds is 4. The lowest BCUT2D eigenvalue weighted by atomic mass is 10.1. The SMILES string of the molecule is Cc1nc(CNc2nc(-c3cccnc3)nc3sc4c(c23)CCC4)c(C)s1. The van der Waals surface area contributed by atoms with Gasteiger partial charge in [-0.25, -0.2) is 15.0 Å². The van der Waals surface area contributed by atoms with Gasteiger partial charge in [-0.3, -0.25) is 4.98 Å². The van der Waals surface area contributed by atoms with Crippen molar-refractivity contribution in [2.75, 3.05) is 5.32 Å². The molecule has 0 aromatic carbocycles. The normalized spacial score (nSPS) is 13.3. The Morgan fingerprint density at radius 1 is 1.11 bits per heavy atom. The first-order valence-electron chi connectivity index (χ1n) is 9.08. The minimum Gasteiger partial charge on any atom is -0.364 e. The van der Waals surface area contributed by atoms with Gasteiger partial charge in [-0.05, 0) is 50.8 Å². The van der Waals surface area contributed by atoms with Gasteiger partial charge in [0.15, 0.2) is 5.82 Å². The summed E-state index contributed by atoms with van der Waals surface area (Å²) in [5.41, 5.74) is 3.47. The predicted octanol–water partition coefficient (Wildman–Crippen LogP) is 4.93. The average molecular weight is 394 g/mol. The molecule has 0 aliphatic heterocycles. The Bertz CT molecular complexity index is 1130. The summed E-state index contributed by atoms with van der Waals surface area (Å²) in [5.74, 6) is 1.65. The Kier molecular flexibility index (Phi) is 4.13. The summed E-state index contributed by atoms with van der Waals surface area (Å²) in [4.78, 5) is 22.4. The molecule has 5 nitrogen and oxygen atoms in total. The fourth-order valence-corrected chi connectivity index (χ4v) is 5.75. The Morgan fingerprint density at radius 3 is 2.81 bits per heavy atom. The van der Waals surface area contributed by atoms with E-state index in [0.717, 1.165) is 45.6 Å². The van der Waals surface area contributed by atoms with Crippen LogP contribution in [0, 0.1) is 13.8 Å². The molecule has 27 heavy (non-hydrogen) atoms. The van der Waals surface area contributed by atoms with Crippen LogP contribution in [0.2, 0.25) is 0 Å². The fraction of sp³-hybridized carbons (Fsp3) is 0.300. The third-order valence-corrected chi connectivity index (χ3v) is 7.02. The van der Waals surface area contributed by atoms with Gasteiger partial charge in [0, 0.05) is 27.7 Å². The summed E-state index contributed by atoms with van der Waals surface area (Å²) in [6.07, 6.45) is 7.09. The molecule has 136 valence electrons. The van der Waals surface area contributed by atoms with Crippen LogP contribution in [-0.4, -0.2) is 19.9 Å². The van der Waals surface area contributed by atoms with Gasteiger partial charge < -0.3 is 5.32 Å². The highest BCUT2D eigenvalue weighted by Crippen LogP contribution is 2.40. The fourth-order valence-electron chi connectivity index (χ4n) is 3.65. The van der Waals surface area contributed by atoms with E-state index in [1.807, 2.05) is 29.7 Å². The number of aromatic nitrogens is 4. The molecule has 0 amide bonds. The maximum atomic E-state index is 4.89. The smallest absolute Gasteiger partial charge is 0.164 e. The standard InChI is InChI=1S/C20H19N5S2/c1-11-15(23-12(2)26-11)10-22-19-17-14-6-3-7-16(14)27-20(17)25-18(24-19)13-5-4-8-21-9-13/h4-5,8-9H,3,6-7,10H2,1-2H3,(H,22,24,25). The minimum atomic E-state index is 0.680. The molecular weight excluding hydrogens is 374 g/mol. The van der Waals surface area contributed by atoms with E-state index >= 15 is 0 Å². The number of thiophene rings is 1. The molecule has 0 radical (unpaired) electrons. The number of pyridine rings is 1. The molecule has 0 saturated carbocycles. The van der Waals surface area contributed by atoms with Crippen molar-refractivity contribution >= 4 is 38.7 Å². The summed E-state index contributed by atoms with van der Waals surface area (Å²) in [7, 11) is 0. The van der Waals surface area contributed by atoms with E-state index in [-0.39, 0.29) is 0 Å². The van der Waals surface area contributed by atoms with Crippen LogP contribution < -0.4 is 5.32 Å². The molecule has 0 unspecified atom stereocenters.